The van der Waals surface area contributed by atoms with E-state index in [1.54, 1.807) is 37.4 Å². The summed E-state index contributed by atoms with van der Waals surface area (Å²) in [5.74, 6) is -1.01. The van der Waals surface area contributed by atoms with Crippen molar-refractivity contribution in [1.82, 2.24) is 4.90 Å². The third kappa shape index (κ3) is 3.08. The maximum absolute atomic E-state index is 12.3. The fraction of sp³-hybridized carbons (Fsp3) is 0.786. The Morgan fingerprint density at radius 3 is 2.45 bits per heavy atom. The second-order valence-corrected chi connectivity index (χ2v) is 10.0. The van der Waals surface area contributed by atoms with Crippen LogP contribution in [0.5, 0.6) is 0 Å². The molecule has 0 N–H and O–H groups in total. The molecule has 0 spiro atoms. The van der Waals surface area contributed by atoms with Crippen LogP contribution in [0.25, 0.3) is 0 Å². The normalized spacial score (nSPS) is 29.6. The van der Waals surface area contributed by atoms with E-state index in [4.69, 9.17) is 9.47 Å². The van der Waals surface area contributed by atoms with Gasteiger partial charge in [0.2, 0.25) is 12.7 Å². The van der Waals surface area contributed by atoms with Crippen molar-refractivity contribution < 1.29 is 23.9 Å². The number of hydrogen-bond acceptors (Lipinski definition) is 6. The molecule has 0 radical (unpaired) electrons. The van der Waals surface area contributed by atoms with Gasteiger partial charge in [0.05, 0.1) is 5.41 Å². The number of halogens is 1. The van der Waals surface area contributed by atoms with Gasteiger partial charge in [-0.3, -0.25) is 9.59 Å². The zero-order valence-corrected chi connectivity index (χ0v) is 16.2. The zero-order valence-electron chi connectivity index (χ0n) is 13.2. The number of nitrogens with zero attached hydrogens (tertiary/aromatic N) is 1. The van der Waals surface area contributed by atoms with Gasteiger partial charge >= 0.3 is 11.9 Å². The fourth-order valence-corrected chi connectivity index (χ4v) is 5.03. The van der Waals surface area contributed by atoms with Crippen molar-refractivity contribution in [3.63, 3.8) is 0 Å². The van der Waals surface area contributed by atoms with Gasteiger partial charge in [-0.25, -0.2) is 4.79 Å². The molecule has 124 valence electrons. The van der Waals surface area contributed by atoms with E-state index in [0.29, 0.717) is 0 Å². The minimum Gasteiger partial charge on any atom is -0.427 e. The lowest BCUT2D eigenvalue weighted by molar-refractivity contribution is -0.179. The number of alkyl halides is 1. The van der Waals surface area contributed by atoms with Crippen LogP contribution in [-0.4, -0.2) is 49.6 Å². The predicted molar refractivity (Wildman–Crippen MR) is 90.4 cm³/mol. The van der Waals surface area contributed by atoms with Crippen LogP contribution in [0.4, 0.5) is 0 Å². The van der Waals surface area contributed by atoms with Crippen molar-refractivity contribution >= 4 is 52.2 Å². The fourth-order valence-electron chi connectivity index (χ4n) is 2.38. The van der Waals surface area contributed by atoms with E-state index >= 15 is 0 Å². The number of rotatable bonds is 3. The summed E-state index contributed by atoms with van der Waals surface area (Å²) in [6, 6.07) is -0.644. The van der Waals surface area contributed by atoms with Crippen LogP contribution in [0.15, 0.2) is 0 Å². The highest BCUT2D eigenvalue weighted by molar-refractivity contribution is 14.1. The number of fused-ring (bicyclic) bond motifs is 1. The maximum Gasteiger partial charge on any atom is 0.333 e. The molecule has 0 aromatic rings. The van der Waals surface area contributed by atoms with Crippen molar-refractivity contribution in [1.29, 1.82) is 0 Å². The van der Waals surface area contributed by atoms with Gasteiger partial charge in [0.15, 0.2) is 0 Å². The molecule has 6 nitrogen and oxygen atoms in total. The van der Waals surface area contributed by atoms with E-state index in [9.17, 15) is 14.4 Å². The summed E-state index contributed by atoms with van der Waals surface area (Å²) in [5.41, 5.74) is -0.651. The molecule has 0 saturated carbocycles. The lowest BCUT2D eigenvalue weighted by Gasteiger charge is -2.41. The standard InChI is InChI=1S/C14H20INO5S/c1-13(2,3)12(19)21-6-20-11(18)8-14(4,5)22-10-7(15)9(17)16(8)10/h7-8,10H,6H2,1-5H3/t7-,8+,10-/m1/s1. The molecular weight excluding hydrogens is 421 g/mol. The van der Waals surface area contributed by atoms with Crippen molar-refractivity contribution in [3.8, 4) is 0 Å². The Morgan fingerprint density at radius 2 is 1.91 bits per heavy atom. The Balaban J connectivity index is 1.95. The van der Waals surface area contributed by atoms with E-state index in [0.717, 1.165) is 0 Å². The van der Waals surface area contributed by atoms with Gasteiger partial charge in [0.1, 0.15) is 15.3 Å². The number of carbonyl (C=O) groups is 3. The van der Waals surface area contributed by atoms with Gasteiger partial charge < -0.3 is 14.4 Å². The molecule has 2 saturated heterocycles. The number of amides is 1. The van der Waals surface area contributed by atoms with E-state index in [1.807, 2.05) is 13.8 Å². The number of esters is 2. The molecule has 0 bridgehead atoms. The van der Waals surface area contributed by atoms with Crippen LogP contribution in [-0.2, 0) is 23.9 Å². The lowest BCUT2D eigenvalue weighted by Crippen LogP contribution is -2.63. The summed E-state index contributed by atoms with van der Waals surface area (Å²) in [6.45, 7) is 8.57. The summed E-state index contributed by atoms with van der Waals surface area (Å²) < 4.78 is 9.49. The average molecular weight is 441 g/mol. The molecule has 1 amide bonds. The Hall–Kier alpha value is -0.510. The van der Waals surface area contributed by atoms with Crippen molar-refractivity contribution in [2.45, 2.75) is 54.7 Å². The van der Waals surface area contributed by atoms with Crippen LogP contribution in [0.2, 0.25) is 0 Å². The molecule has 0 aromatic heterocycles. The van der Waals surface area contributed by atoms with Gasteiger partial charge in [0, 0.05) is 4.75 Å². The summed E-state index contributed by atoms with van der Waals surface area (Å²) in [4.78, 5) is 37.5. The van der Waals surface area contributed by atoms with E-state index < -0.39 is 34.9 Å². The Kier molecular flexibility index (Phi) is 4.74. The molecule has 8 heteroatoms. The second-order valence-electron chi connectivity index (χ2n) is 6.92. The van der Waals surface area contributed by atoms with Crippen molar-refractivity contribution in [2.75, 3.05) is 6.79 Å². The Morgan fingerprint density at radius 1 is 1.32 bits per heavy atom. The van der Waals surface area contributed by atoms with E-state index in [1.165, 1.54) is 0 Å². The maximum atomic E-state index is 12.3. The summed E-state index contributed by atoms with van der Waals surface area (Å²) in [7, 11) is 0. The molecule has 2 heterocycles. The largest absolute Gasteiger partial charge is 0.427 e. The molecule has 2 rings (SSSR count). The Labute approximate surface area is 147 Å². The van der Waals surface area contributed by atoms with Crippen LogP contribution in [0, 0.1) is 5.41 Å². The third-order valence-corrected chi connectivity index (χ3v) is 6.88. The second kappa shape index (κ2) is 5.85. The summed E-state index contributed by atoms with van der Waals surface area (Å²) >= 11 is 3.70. The number of ether oxygens (including phenoxy) is 2. The van der Waals surface area contributed by atoms with Crippen molar-refractivity contribution in [2.24, 2.45) is 5.41 Å². The topological polar surface area (TPSA) is 72.9 Å². The van der Waals surface area contributed by atoms with Gasteiger partial charge in [-0.05, 0) is 34.6 Å². The average Bonchev–Trinajstić information content (AvgIpc) is 2.65. The van der Waals surface area contributed by atoms with Crippen LogP contribution in [0.3, 0.4) is 0 Å². The molecule has 2 fully saturated rings. The van der Waals surface area contributed by atoms with Crippen LogP contribution < -0.4 is 0 Å². The lowest BCUT2D eigenvalue weighted by atomic mass is 9.97. The molecule has 0 unspecified atom stereocenters. The molecular formula is C14H20INO5S. The van der Waals surface area contributed by atoms with E-state index in [2.05, 4.69) is 22.6 Å². The highest BCUT2D eigenvalue weighted by Crippen LogP contribution is 2.53. The highest BCUT2D eigenvalue weighted by Gasteiger charge is 2.63. The zero-order chi connectivity index (χ0) is 16.9. The van der Waals surface area contributed by atoms with Gasteiger partial charge in [-0.15, -0.1) is 11.8 Å². The first-order valence-corrected chi connectivity index (χ1v) is 9.07. The smallest absolute Gasteiger partial charge is 0.333 e. The van der Waals surface area contributed by atoms with Gasteiger partial charge in [0.25, 0.3) is 0 Å². The van der Waals surface area contributed by atoms with Crippen molar-refractivity contribution in [3.05, 3.63) is 0 Å². The molecule has 22 heavy (non-hydrogen) atoms. The third-order valence-electron chi connectivity index (χ3n) is 3.60. The number of β-lactam (4-membered cyclic amide) rings is 1. The number of thioether (sulfide) groups is 1. The van der Waals surface area contributed by atoms with Gasteiger partial charge in [-0.1, -0.05) is 22.6 Å². The molecule has 2 aliphatic rings. The monoisotopic (exact) mass is 441 g/mol. The first kappa shape index (κ1) is 17.8. The predicted octanol–water partition coefficient (Wildman–Crippen LogP) is 1.94. The minimum absolute atomic E-state index is 0.0118. The first-order valence-electron chi connectivity index (χ1n) is 6.95. The van der Waals surface area contributed by atoms with Gasteiger partial charge in [-0.2, -0.15) is 0 Å². The van der Waals surface area contributed by atoms with E-state index in [-0.39, 0.29) is 15.2 Å². The minimum atomic E-state index is -0.651. The van der Waals surface area contributed by atoms with Crippen LogP contribution >= 0.6 is 34.4 Å². The quantitative estimate of drug-likeness (QED) is 0.219. The summed E-state index contributed by atoms with van der Waals surface area (Å²) in [6.07, 6.45) is 0. The molecule has 3 atom stereocenters. The SMILES string of the molecule is CC(C)(C)C(=O)OCOC(=O)[C@@H]1N2C(=O)[C@@H](I)[C@H]2SC1(C)C. The number of hydrogen-bond donors (Lipinski definition) is 0. The molecule has 0 aromatic carbocycles. The number of carbonyl (C=O) groups excluding carboxylic acids is 3. The van der Waals surface area contributed by atoms with Crippen LogP contribution in [0.1, 0.15) is 34.6 Å². The first-order chi connectivity index (χ1) is 9.97. The summed E-state index contributed by atoms with van der Waals surface area (Å²) in [5, 5.41) is 0.0118. The highest BCUT2D eigenvalue weighted by atomic mass is 127. The Bertz CT molecular complexity index is 516. The molecule has 0 aliphatic carbocycles. The molecule has 2 aliphatic heterocycles.